The van der Waals surface area contributed by atoms with E-state index in [-0.39, 0.29) is 11.9 Å². The molecule has 1 amide bonds. The molecular formula is C21H23NO3. The number of aliphatic hydroxyl groups excluding tert-OH is 1. The molecule has 0 radical (unpaired) electrons. The molecule has 4 rings (SSSR count). The lowest BCUT2D eigenvalue weighted by molar-refractivity contribution is -0.139. The van der Waals surface area contributed by atoms with Gasteiger partial charge in [0.1, 0.15) is 17.5 Å². The number of likely N-dealkylation sites (tertiary alicyclic amines) is 1. The van der Waals surface area contributed by atoms with E-state index in [4.69, 9.17) is 4.74 Å². The van der Waals surface area contributed by atoms with E-state index >= 15 is 0 Å². The summed E-state index contributed by atoms with van der Waals surface area (Å²) < 4.78 is 6.06. The molecule has 1 N–H and O–H groups in total. The normalized spacial score (nSPS) is 24.8. The van der Waals surface area contributed by atoms with Crippen LogP contribution in [0.15, 0.2) is 48.5 Å². The van der Waals surface area contributed by atoms with Crippen LogP contribution in [0.2, 0.25) is 0 Å². The van der Waals surface area contributed by atoms with E-state index in [0.717, 1.165) is 28.9 Å². The van der Waals surface area contributed by atoms with Gasteiger partial charge in [-0.1, -0.05) is 36.4 Å². The zero-order valence-corrected chi connectivity index (χ0v) is 14.6. The first-order valence-electron chi connectivity index (χ1n) is 8.83. The third-order valence-corrected chi connectivity index (χ3v) is 5.27. The largest absolute Gasteiger partial charge is 0.485 e. The molecule has 0 bridgehead atoms. The Kier molecular flexibility index (Phi) is 3.80. The molecule has 25 heavy (non-hydrogen) atoms. The molecule has 2 aromatic rings. The fourth-order valence-corrected chi connectivity index (χ4v) is 3.88. The Morgan fingerprint density at radius 3 is 2.56 bits per heavy atom. The minimum Gasteiger partial charge on any atom is -0.485 e. The van der Waals surface area contributed by atoms with Gasteiger partial charge in [0.25, 0.3) is 0 Å². The monoisotopic (exact) mass is 337 g/mol. The van der Waals surface area contributed by atoms with Gasteiger partial charge in [-0.05, 0) is 43.5 Å². The molecule has 1 fully saturated rings. The van der Waals surface area contributed by atoms with Crippen molar-refractivity contribution in [1.29, 1.82) is 0 Å². The van der Waals surface area contributed by atoms with E-state index < -0.39 is 11.7 Å². The van der Waals surface area contributed by atoms with Crippen LogP contribution in [0.4, 0.5) is 0 Å². The highest BCUT2D eigenvalue weighted by Gasteiger charge is 2.47. The molecule has 0 aliphatic carbocycles. The van der Waals surface area contributed by atoms with Gasteiger partial charge in [-0.25, -0.2) is 0 Å². The fourth-order valence-electron chi connectivity index (χ4n) is 3.88. The minimum absolute atomic E-state index is 0.109. The van der Waals surface area contributed by atoms with Crippen LogP contribution in [0.1, 0.15) is 38.3 Å². The topological polar surface area (TPSA) is 49.8 Å². The summed E-state index contributed by atoms with van der Waals surface area (Å²) in [5.74, 6) is 0.859. The molecule has 1 saturated heterocycles. The number of benzene rings is 2. The molecule has 0 unspecified atom stereocenters. The van der Waals surface area contributed by atoms with Crippen LogP contribution in [0.25, 0.3) is 11.1 Å². The lowest BCUT2D eigenvalue weighted by atomic mass is 9.84. The first-order valence-corrected chi connectivity index (χ1v) is 8.83. The fraction of sp³-hybridized carbons (Fsp3) is 0.381. The zero-order valence-electron chi connectivity index (χ0n) is 14.6. The van der Waals surface area contributed by atoms with Crippen molar-refractivity contribution in [3.05, 3.63) is 54.1 Å². The van der Waals surface area contributed by atoms with Crippen molar-refractivity contribution >= 4 is 5.91 Å². The number of aliphatic hydroxyl groups is 1. The zero-order chi connectivity index (χ0) is 17.6. The van der Waals surface area contributed by atoms with Crippen molar-refractivity contribution < 1.29 is 14.6 Å². The summed E-state index contributed by atoms with van der Waals surface area (Å²) in [4.78, 5) is 14.2. The number of hydrogen-bond acceptors (Lipinski definition) is 3. The Morgan fingerprint density at radius 1 is 1.12 bits per heavy atom. The highest BCUT2D eigenvalue weighted by atomic mass is 16.5. The molecule has 4 heteroatoms. The molecule has 0 aromatic heterocycles. The molecule has 0 spiro atoms. The van der Waals surface area contributed by atoms with Crippen LogP contribution in [0, 0.1) is 0 Å². The maximum atomic E-state index is 12.4. The van der Waals surface area contributed by atoms with Gasteiger partial charge in [0.2, 0.25) is 5.91 Å². The van der Waals surface area contributed by atoms with Crippen molar-refractivity contribution in [3.8, 4) is 16.9 Å². The predicted molar refractivity (Wildman–Crippen MR) is 96.3 cm³/mol. The van der Waals surface area contributed by atoms with Crippen LogP contribution in [0.5, 0.6) is 5.75 Å². The van der Waals surface area contributed by atoms with Crippen LogP contribution in [0.3, 0.4) is 0 Å². The number of amides is 1. The standard InChI is InChI=1S/C21H23NO3/c1-21(2)20(24)19(22-12-6-9-18(22)23)16-13-15(10-11-17(16)25-21)14-7-4-3-5-8-14/h3-5,7-8,10-11,13,19-20,24H,6,9,12H2,1-2H3/t19-,20+/m1/s1. The molecule has 4 nitrogen and oxygen atoms in total. The Hall–Kier alpha value is -2.33. The average molecular weight is 337 g/mol. The van der Waals surface area contributed by atoms with Gasteiger partial charge in [-0.2, -0.15) is 0 Å². The van der Waals surface area contributed by atoms with E-state index in [1.54, 1.807) is 0 Å². The highest BCUT2D eigenvalue weighted by molar-refractivity contribution is 5.79. The molecule has 2 aromatic carbocycles. The van der Waals surface area contributed by atoms with E-state index in [2.05, 4.69) is 18.2 Å². The molecule has 130 valence electrons. The summed E-state index contributed by atoms with van der Waals surface area (Å²) in [6, 6.07) is 15.8. The first kappa shape index (κ1) is 16.2. The third-order valence-electron chi connectivity index (χ3n) is 5.27. The number of carbonyl (C=O) groups is 1. The highest BCUT2D eigenvalue weighted by Crippen LogP contribution is 2.45. The van der Waals surface area contributed by atoms with Crippen LogP contribution >= 0.6 is 0 Å². The number of carbonyl (C=O) groups excluding carboxylic acids is 1. The van der Waals surface area contributed by atoms with Crippen LogP contribution < -0.4 is 4.74 Å². The maximum absolute atomic E-state index is 12.4. The second-order valence-corrected chi connectivity index (χ2v) is 7.40. The Morgan fingerprint density at radius 2 is 1.88 bits per heavy atom. The second-order valence-electron chi connectivity index (χ2n) is 7.40. The predicted octanol–water partition coefficient (Wildman–Crippen LogP) is 3.55. The summed E-state index contributed by atoms with van der Waals surface area (Å²) in [7, 11) is 0. The van der Waals surface area contributed by atoms with Crippen molar-refractivity contribution in [3.63, 3.8) is 0 Å². The smallest absolute Gasteiger partial charge is 0.223 e. The SMILES string of the molecule is CC1(C)Oc2ccc(-c3ccccc3)cc2[C@@H](N2CCCC2=O)[C@@H]1O. The number of ether oxygens (including phenoxy) is 1. The number of fused-ring (bicyclic) bond motifs is 1. The summed E-state index contributed by atoms with van der Waals surface area (Å²) in [6.45, 7) is 4.43. The summed E-state index contributed by atoms with van der Waals surface area (Å²) in [5, 5.41) is 11.0. The van der Waals surface area contributed by atoms with Crippen molar-refractivity contribution in [2.75, 3.05) is 6.54 Å². The summed E-state index contributed by atoms with van der Waals surface area (Å²) in [6.07, 6.45) is 0.628. The van der Waals surface area contributed by atoms with Gasteiger partial charge in [-0.15, -0.1) is 0 Å². The maximum Gasteiger partial charge on any atom is 0.223 e. The van der Waals surface area contributed by atoms with Crippen LogP contribution in [-0.4, -0.2) is 34.2 Å². The first-order chi connectivity index (χ1) is 12.0. The molecule has 2 heterocycles. The molecule has 0 saturated carbocycles. The van der Waals surface area contributed by atoms with Gasteiger partial charge in [0, 0.05) is 18.5 Å². The average Bonchev–Trinajstić information content (AvgIpc) is 3.02. The lowest BCUT2D eigenvalue weighted by Crippen LogP contribution is -2.53. The van der Waals surface area contributed by atoms with E-state index in [1.165, 1.54) is 0 Å². The molecule has 2 aliphatic heterocycles. The van der Waals surface area contributed by atoms with Gasteiger partial charge in [-0.3, -0.25) is 4.79 Å². The van der Waals surface area contributed by atoms with Gasteiger partial charge in [0.05, 0.1) is 6.04 Å². The molecular weight excluding hydrogens is 314 g/mol. The Bertz CT molecular complexity index is 800. The van der Waals surface area contributed by atoms with E-state index in [0.29, 0.717) is 13.0 Å². The quantitative estimate of drug-likeness (QED) is 0.912. The Labute approximate surface area is 148 Å². The van der Waals surface area contributed by atoms with Gasteiger partial charge >= 0.3 is 0 Å². The number of nitrogens with zero attached hydrogens (tertiary/aromatic N) is 1. The molecule has 2 atom stereocenters. The third kappa shape index (κ3) is 2.71. The van der Waals surface area contributed by atoms with E-state index in [9.17, 15) is 9.90 Å². The lowest BCUT2D eigenvalue weighted by Gasteiger charge is -2.45. The summed E-state index contributed by atoms with van der Waals surface area (Å²) >= 11 is 0. The van der Waals surface area contributed by atoms with Crippen LogP contribution in [-0.2, 0) is 4.79 Å². The van der Waals surface area contributed by atoms with Crippen molar-refractivity contribution in [1.82, 2.24) is 4.90 Å². The summed E-state index contributed by atoms with van der Waals surface area (Å²) in [5.41, 5.74) is 2.32. The van der Waals surface area contributed by atoms with Crippen molar-refractivity contribution in [2.45, 2.75) is 44.4 Å². The van der Waals surface area contributed by atoms with Gasteiger partial charge < -0.3 is 14.7 Å². The number of rotatable bonds is 2. The Balaban J connectivity index is 1.83. The van der Waals surface area contributed by atoms with Gasteiger partial charge in [0.15, 0.2) is 0 Å². The second kappa shape index (κ2) is 5.88. The molecule has 2 aliphatic rings. The minimum atomic E-state index is -0.770. The number of hydrogen-bond donors (Lipinski definition) is 1. The van der Waals surface area contributed by atoms with Crippen molar-refractivity contribution in [2.24, 2.45) is 0 Å². The van der Waals surface area contributed by atoms with E-state index in [1.807, 2.05) is 49.1 Å².